The number of hydrogen-bond acceptors (Lipinski definition) is 3. The molecule has 1 unspecified atom stereocenters. The van der Waals surface area contributed by atoms with Crippen molar-refractivity contribution in [2.45, 2.75) is 38.8 Å². The fourth-order valence-corrected chi connectivity index (χ4v) is 2.93. The second-order valence-electron chi connectivity index (χ2n) is 5.41. The molecule has 1 atom stereocenters. The third-order valence-electron chi connectivity index (χ3n) is 3.53. The smallest absolute Gasteiger partial charge is 0.118 e. The summed E-state index contributed by atoms with van der Waals surface area (Å²) < 4.78 is 8.14. The van der Waals surface area contributed by atoms with E-state index in [1.165, 1.54) is 5.56 Å². The summed E-state index contributed by atoms with van der Waals surface area (Å²) in [6.07, 6.45) is 3.63. The largest absolute Gasteiger partial charge is 0.497 e. The summed E-state index contributed by atoms with van der Waals surface area (Å²) in [4.78, 5) is 0. The Morgan fingerprint density at radius 2 is 1.95 bits per heavy atom. The van der Waals surface area contributed by atoms with E-state index < -0.39 is 0 Å². The van der Waals surface area contributed by atoms with Crippen LogP contribution in [0.25, 0.3) is 0 Å². The van der Waals surface area contributed by atoms with Crippen molar-refractivity contribution in [1.29, 1.82) is 0 Å². The van der Waals surface area contributed by atoms with Crippen LogP contribution in [0.1, 0.15) is 43.6 Å². The highest BCUT2D eigenvalue weighted by Gasteiger charge is 2.18. The quantitative estimate of drug-likeness (QED) is 0.859. The van der Waals surface area contributed by atoms with E-state index in [9.17, 15) is 0 Å². The van der Waals surface area contributed by atoms with Gasteiger partial charge in [0.25, 0.3) is 0 Å². The molecule has 0 saturated carbocycles. The number of aryl methyl sites for hydroxylation is 1. The van der Waals surface area contributed by atoms with Gasteiger partial charge in [-0.1, -0.05) is 12.1 Å². The van der Waals surface area contributed by atoms with Gasteiger partial charge in [-0.3, -0.25) is 4.68 Å². The molecule has 1 heterocycles. The minimum atomic E-state index is -0.0358. The number of benzene rings is 1. The Morgan fingerprint density at radius 1 is 1.29 bits per heavy atom. The summed E-state index contributed by atoms with van der Waals surface area (Å²) in [6, 6.07) is 8.40. The summed E-state index contributed by atoms with van der Waals surface area (Å²) in [6.45, 7) is 4.22. The number of hydrogen-bond donors (Lipinski definition) is 1. The highest BCUT2D eigenvalue weighted by atomic mass is 79.9. The van der Waals surface area contributed by atoms with Crippen LogP contribution in [0.5, 0.6) is 5.75 Å². The van der Waals surface area contributed by atoms with Crippen LogP contribution >= 0.6 is 15.9 Å². The Labute approximate surface area is 134 Å². The molecule has 114 valence electrons. The lowest BCUT2D eigenvalue weighted by Crippen LogP contribution is -2.18. The van der Waals surface area contributed by atoms with Crippen molar-refractivity contribution < 1.29 is 4.74 Å². The van der Waals surface area contributed by atoms with Crippen molar-refractivity contribution in [3.05, 3.63) is 46.2 Å². The van der Waals surface area contributed by atoms with Crippen LogP contribution < -0.4 is 10.5 Å². The van der Waals surface area contributed by atoms with Gasteiger partial charge in [-0.25, -0.2) is 0 Å². The Kier molecular flexibility index (Phi) is 5.42. The zero-order chi connectivity index (χ0) is 15.4. The lowest BCUT2D eigenvalue weighted by atomic mass is 10.0. The number of nitrogens with zero attached hydrogens (tertiary/aromatic N) is 2. The average Bonchev–Trinajstić information content (AvgIpc) is 2.87. The molecular formula is C16H22BrN3O. The molecule has 0 aliphatic heterocycles. The maximum atomic E-state index is 6.37. The Hall–Kier alpha value is -1.33. The lowest BCUT2D eigenvalue weighted by molar-refractivity contribution is 0.414. The number of nitrogens with two attached hydrogens (primary N) is 1. The summed E-state index contributed by atoms with van der Waals surface area (Å²) in [7, 11) is 1.68. The normalized spacial score (nSPS) is 12.7. The monoisotopic (exact) mass is 351 g/mol. The summed E-state index contributed by atoms with van der Waals surface area (Å²) in [5, 5.41) is 4.39. The molecule has 0 radical (unpaired) electrons. The SMILES string of the molecule is COc1ccc(CCC(N)c2c(Br)cnn2C(C)C)cc1. The van der Waals surface area contributed by atoms with Crippen molar-refractivity contribution in [2.24, 2.45) is 5.73 Å². The molecule has 5 heteroatoms. The van der Waals surface area contributed by atoms with Gasteiger partial charge in [0, 0.05) is 12.1 Å². The summed E-state index contributed by atoms with van der Waals surface area (Å²) in [5.41, 5.74) is 8.70. The molecule has 2 N–H and O–H groups in total. The van der Waals surface area contributed by atoms with E-state index in [0.29, 0.717) is 6.04 Å². The average molecular weight is 352 g/mol. The van der Waals surface area contributed by atoms with Crippen molar-refractivity contribution in [3.8, 4) is 5.75 Å². The third kappa shape index (κ3) is 3.86. The van der Waals surface area contributed by atoms with E-state index >= 15 is 0 Å². The molecule has 0 amide bonds. The van der Waals surface area contributed by atoms with E-state index in [2.05, 4.69) is 47.0 Å². The van der Waals surface area contributed by atoms with Gasteiger partial charge < -0.3 is 10.5 Å². The van der Waals surface area contributed by atoms with Crippen LogP contribution in [0, 0.1) is 0 Å². The first-order chi connectivity index (χ1) is 10.0. The highest BCUT2D eigenvalue weighted by Crippen LogP contribution is 2.27. The van der Waals surface area contributed by atoms with Crippen LogP contribution in [-0.2, 0) is 6.42 Å². The number of methoxy groups -OCH3 is 1. The van der Waals surface area contributed by atoms with E-state index in [4.69, 9.17) is 10.5 Å². The van der Waals surface area contributed by atoms with Crippen molar-refractivity contribution in [3.63, 3.8) is 0 Å². The highest BCUT2D eigenvalue weighted by molar-refractivity contribution is 9.10. The van der Waals surface area contributed by atoms with Gasteiger partial charge in [0.2, 0.25) is 0 Å². The predicted octanol–water partition coefficient (Wildman–Crippen LogP) is 3.87. The van der Waals surface area contributed by atoms with Crippen molar-refractivity contribution in [2.75, 3.05) is 7.11 Å². The number of rotatable bonds is 6. The fourth-order valence-electron chi connectivity index (χ4n) is 2.36. The van der Waals surface area contributed by atoms with E-state index in [0.717, 1.165) is 28.8 Å². The molecule has 4 nitrogen and oxygen atoms in total. The molecule has 21 heavy (non-hydrogen) atoms. The first-order valence-electron chi connectivity index (χ1n) is 7.14. The van der Waals surface area contributed by atoms with Gasteiger partial charge in [-0.05, 0) is 60.3 Å². The van der Waals surface area contributed by atoms with Gasteiger partial charge >= 0.3 is 0 Å². The van der Waals surface area contributed by atoms with Crippen LogP contribution in [0.2, 0.25) is 0 Å². The predicted molar refractivity (Wildman–Crippen MR) is 88.6 cm³/mol. The van der Waals surface area contributed by atoms with Crippen LogP contribution in [0.3, 0.4) is 0 Å². The van der Waals surface area contributed by atoms with Crippen LogP contribution in [0.4, 0.5) is 0 Å². The lowest BCUT2D eigenvalue weighted by Gasteiger charge is -2.17. The van der Waals surface area contributed by atoms with Gasteiger partial charge in [0.05, 0.1) is 23.5 Å². The molecule has 2 rings (SSSR count). The minimum Gasteiger partial charge on any atom is -0.497 e. The molecule has 2 aromatic rings. The number of ether oxygens (including phenoxy) is 1. The Balaban J connectivity index is 2.04. The molecule has 0 bridgehead atoms. The van der Waals surface area contributed by atoms with Gasteiger partial charge in [0.15, 0.2) is 0 Å². The van der Waals surface area contributed by atoms with Crippen molar-refractivity contribution in [1.82, 2.24) is 9.78 Å². The molecule has 0 aliphatic rings. The first-order valence-corrected chi connectivity index (χ1v) is 7.93. The second-order valence-corrected chi connectivity index (χ2v) is 6.26. The molecule has 0 fully saturated rings. The van der Waals surface area contributed by atoms with E-state index in [1.54, 1.807) is 7.11 Å². The molecule has 0 aliphatic carbocycles. The van der Waals surface area contributed by atoms with Gasteiger partial charge in [0.1, 0.15) is 5.75 Å². The standard InChI is InChI=1S/C16H22BrN3O/c1-11(2)20-16(14(17)10-19-20)15(18)9-6-12-4-7-13(21-3)8-5-12/h4-5,7-8,10-11,15H,6,9,18H2,1-3H3. The molecule has 1 aromatic heterocycles. The molecular weight excluding hydrogens is 330 g/mol. The minimum absolute atomic E-state index is 0.0358. The summed E-state index contributed by atoms with van der Waals surface area (Å²) >= 11 is 3.55. The fraction of sp³-hybridized carbons (Fsp3) is 0.438. The summed E-state index contributed by atoms with van der Waals surface area (Å²) in [5.74, 6) is 0.878. The number of aromatic nitrogens is 2. The van der Waals surface area contributed by atoms with E-state index in [-0.39, 0.29) is 6.04 Å². The van der Waals surface area contributed by atoms with Gasteiger partial charge in [-0.15, -0.1) is 0 Å². The first kappa shape index (κ1) is 16.0. The molecule has 1 aromatic carbocycles. The van der Waals surface area contributed by atoms with Crippen LogP contribution in [0.15, 0.2) is 34.9 Å². The maximum absolute atomic E-state index is 6.37. The number of halogens is 1. The second kappa shape index (κ2) is 7.09. The zero-order valence-corrected chi connectivity index (χ0v) is 14.3. The molecule has 0 spiro atoms. The maximum Gasteiger partial charge on any atom is 0.118 e. The topological polar surface area (TPSA) is 53.1 Å². The third-order valence-corrected chi connectivity index (χ3v) is 4.14. The zero-order valence-electron chi connectivity index (χ0n) is 12.7. The Bertz CT molecular complexity index is 578. The van der Waals surface area contributed by atoms with Crippen molar-refractivity contribution >= 4 is 15.9 Å². The Morgan fingerprint density at radius 3 is 2.52 bits per heavy atom. The van der Waals surface area contributed by atoms with E-state index in [1.807, 2.05) is 23.0 Å². The van der Waals surface area contributed by atoms with Crippen LogP contribution in [-0.4, -0.2) is 16.9 Å². The van der Waals surface area contributed by atoms with Gasteiger partial charge in [-0.2, -0.15) is 5.10 Å². The molecule has 0 saturated heterocycles.